The van der Waals surface area contributed by atoms with Crippen LogP contribution in [0.4, 0.5) is 5.13 Å². The van der Waals surface area contributed by atoms with Crippen LogP contribution in [-0.2, 0) is 19.1 Å². The van der Waals surface area contributed by atoms with Gasteiger partial charge < -0.3 is 9.47 Å². The number of hydrogen-bond donors (Lipinski definition) is 0. The molecular formula is C22H19ClN2O5S. The topological polar surface area (TPSA) is 85.8 Å². The second-order valence-corrected chi connectivity index (χ2v) is 9.28. The van der Waals surface area contributed by atoms with E-state index in [0.717, 1.165) is 6.42 Å². The summed E-state index contributed by atoms with van der Waals surface area (Å²) in [6.45, 7) is 0. The van der Waals surface area contributed by atoms with E-state index >= 15 is 0 Å². The lowest BCUT2D eigenvalue weighted by molar-refractivity contribution is -0.131. The third-order valence-corrected chi connectivity index (χ3v) is 7.22. The van der Waals surface area contributed by atoms with Crippen molar-refractivity contribution in [1.29, 1.82) is 0 Å². The maximum Gasteiger partial charge on any atom is 0.337 e. The highest BCUT2D eigenvalue weighted by Crippen LogP contribution is 2.49. The average molecular weight is 459 g/mol. The predicted octanol–water partition coefficient (Wildman–Crippen LogP) is 3.65. The molecule has 1 fully saturated rings. The number of halogens is 1. The molecule has 31 heavy (non-hydrogen) atoms. The van der Waals surface area contributed by atoms with Crippen LogP contribution in [0.1, 0.15) is 41.2 Å². The van der Waals surface area contributed by atoms with Crippen LogP contribution in [0.15, 0.2) is 47.2 Å². The van der Waals surface area contributed by atoms with Crippen LogP contribution in [0.2, 0.25) is 0 Å². The molecule has 1 amide bonds. The maximum absolute atomic E-state index is 13.6. The fourth-order valence-electron chi connectivity index (χ4n) is 4.58. The molecule has 0 saturated heterocycles. The molecule has 0 N–H and O–H groups in total. The van der Waals surface area contributed by atoms with Crippen molar-refractivity contribution >= 4 is 45.7 Å². The number of amides is 1. The molecular weight excluding hydrogens is 440 g/mol. The van der Waals surface area contributed by atoms with Gasteiger partial charge in [-0.05, 0) is 37.0 Å². The summed E-state index contributed by atoms with van der Waals surface area (Å²) < 4.78 is 10.9. The normalized spacial score (nSPS) is 27.6. The smallest absolute Gasteiger partial charge is 0.337 e. The molecule has 4 unspecified atom stereocenters. The van der Waals surface area contributed by atoms with Crippen molar-refractivity contribution in [1.82, 2.24) is 4.98 Å². The Hall–Kier alpha value is -2.71. The fourth-order valence-corrected chi connectivity index (χ4v) is 5.57. The summed E-state index contributed by atoms with van der Waals surface area (Å²) in [6, 6.07) is 6.02. The molecule has 7 nitrogen and oxygen atoms in total. The molecule has 160 valence electrons. The minimum atomic E-state index is -0.676. The number of ketones is 1. The zero-order valence-electron chi connectivity index (χ0n) is 16.6. The van der Waals surface area contributed by atoms with Crippen molar-refractivity contribution in [2.45, 2.75) is 36.8 Å². The van der Waals surface area contributed by atoms with Crippen molar-refractivity contribution in [2.75, 3.05) is 12.0 Å². The number of methoxy groups -OCH3 is 1. The minimum Gasteiger partial charge on any atom is -0.483 e. The third-order valence-electron chi connectivity index (χ3n) is 6.06. The Bertz CT molecular complexity index is 1080. The first-order chi connectivity index (χ1) is 15.0. The minimum absolute atomic E-state index is 0.0825. The Kier molecular flexibility index (Phi) is 5.06. The van der Waals surface area contributed by atoms with Crippen LogP contribution >= 0.6 is 22.9 Å². The van der Waals surface area contributed by atoms with Crippen molar-refractivity contribution < 1.29 is 23.9 Å². The van der Waals surface area contributed by atoms with Gasteiger partial charge in [-0.1, -0.05) is 12.1 Å². The molecule has 0 bridgehead atoms. The molecule has 1 aromatic carbocycles. The molecule has 2 aliphatic heterocycles. The van der Waals surface area contributed by atoms with E-state index < -0.39 is 12.0 Å². The number of thiazole rings is 1. The number of nitrogens with zero attached hydrogens (tertiary/aromatic N) is 2. The number of aromatic nitrogens is 1. The number of Topliss-reactive ketones (excluding diaryl/α,β-unsaturated/α-hetero) is 1. The zero-order chi connectivity index (χ0) is 21.7. The van der Waals surface area contributed by atoms with E-state index in [-0.39, 0.29) is 34.8 Å². The summed E-state index contributed by atoms with van der Waals surface area (Å²) in [4.78, 5) is 44.6. The van der Waals surface area contributed by atoms with Crippen LogP contribution in [-0.4, -0.2) is 41.2 Å². The first-order valence-electron chi connectivity index (χ1n) is 10.00. The molecule has 9 heteroatoms. The summed E-state index contributed by atoms with van der Waals surface area (Å²) in [5.74, 6) is -1.17. The number of rotatable bonds is 3. The van der Waals surface area contributed by atoms with E-state index in [4.69, 9.17) is 21.1 Å². The molecule has 4 atom stereocenters. The molecule has 0 radical (unpaired) electrons. The quantitative estimate of drug-likeness (QED) is 0.515. The second kappa shape index (κ2) is 7.76. The highest BCUT2D eigenvalue weighted by molar-refractivity contribution is 7.13. The van der Waals surface area contributed by atoms with E-state index in [0.29, 0.717) is 34.7 Å². The number of anilines is 1. The lowest BCUT2D eigenvalue weighted by atomic mass is 9.77. The van der Waals surface area contributed by atoms with Gasteiger partial charge in [0.2, 0.25) is 0 Å². The van der Waals surface area contributed by atoms with Gasteiger partial charge in [0.05, 0.1) is 30.2 Å². The van der Waals surface area contributed by atoms with E-state index in [1.165, 1.54) is 23.3 Å². The van der Waals surface area contributed by atoms with Crippen LogP contribution < -0.4 is 4.90 Å². The molecule has 1 aromatic heterocycles. The van der Waals surface area contributed by atoms with Crippen molar-refractivity contribution in [3.05, 3.63) is 58.3 Å². The number of ether oxygens (including phenoxy) is 2. The van der Waals surface area contributed by atoms with Gasteiger partial charge in [0.15, 0.2) is 16.7 Å². The molecule has 3 heterocycles. The van der Waals surface area contributed by atoms with Crippen LogP contribution in [0.3, 0.4) is 0 Å². The van der Waals surface area contributed by atoms with E-state index in [9.17, 15) is 14.4 Å². The molecule has 5 rings (SSSR count). The second-order valence-electron chi connectivity index (χ2n) is 7.79. The number of alkyl halides is 1. The Morgan fingerprint density at radius 3 is 2.71 bits per heavy atom. The Morgan fingerprint density at radius 1 is 1.26 bits per heavy atom. The Labute approximate surface area is 187 Å². The SMILES string of the molecule is COC(=O)c1ccc(C2C3=C(OC4CCC(Cl)CC4C3=O)C(=O)N2c2nccs2)cc1. The Morgan fingerprint density at radius 2 is 2.03 bits per heavy atom. The standard InChI is InChI=1S/C22H19ClN2O5S/c1-29-21(28)12-4-2-11(3-5-12)17-16-18(26)14-10-13(23)6-7-15(14)30-19(16)20(27)25(17)22-24-8-9-31-22/h2-5,8-9,13-15,17H,6-7,10H2,1H3. The number of carbonyl (C=O) groups is 3. The van der Waals surface area contributed by atoms with Crippen LogP contribution in [0.5, 0.6) is 0 Å². The molecule has 3 aliphatic rings. The van der Waals surface area contributed by atoms with E-state index in [1.807, 2.05) is 0 Å². The monoisotopic (exact) mass is 458 g/mol. The molecule has 0 spiro atoms. The van der Waals surface area contributed by atoms with Crippen molar-refractivity contribution in [3.63, 3.8) is 0 Å². The van der Waals surface area contributed by atoms with Gasteiger partial charge in [-0.15, -0.1) is 22.9 Å². The first-order valence-corrected chi connectivity index (χ1v) is 11.3. The van der Waals surface area contributed by atoms with Crippen LogP contribution in [0.25, 0.3) is 0 Å². The lowest BCUT2D eigenvalue weighted by Gasteiger charge is -2.37. The molecule has 2 aromatic rings. The highest BCUT2D eigenvalue weighted by Gasteiger charge is 2.53. The lowest BCUT2D eigenvalue weighted by Crippen LogP contribution is -2.41. The maximum atomic E-state index is 13.6. The van der Waals surface area contributed by atoms with E-state index in [2.05, 4.69) is 4.98 Å². The van der Waals surface area contributed by atoms with E-state index in [1.54, 1.807) is 35.8 Å². The summed E-state index contributed by atoms with van der Waals surface area (Å²) in [5, 5.41) is 2.18. The predicted molar refractivity (Wildman–Crippen MR) is 114 cm³/mol. The average Bonchev–Trinajstić information content (AvgIpc) is 3.40. The van der Waals surface area contributed by atoms with Gasteiger partial charge in [0.25, 0.3) is 5.91 Å². The number of fused-ring (bicyclic) bond motifs is 1. The van der Waals surface area contributed by atoms with Gasteiger partial charge in [0, 0.05) is 17.0 Å². The molecule has 1 saturated carbocycles. The molecule has 1 aliphatic carbocycles. The van der Waals surface area contributed by atoms with Crippen molar-refractivity contribution in [3.8, 4) is 0 Å². The van der Waals surface area contributed by atoms with Gasteiger partial charge in [-0.2, -0.15) is 0 Å². The summed E-state index contributed by atoms with van der Waals surface area (Å²) in [7, 11) is 1.32. The number of benzene rings is 1. The van der Waals surface area contributed by atoms with Crippen LogP contribution in [0, 0.1) is 5.92 Å². The van der Waals surface area contributed by atoms with Gasteiger partial charge in [-0.3, -0.25) is 14.5 Å². The number of carbonyl (C=O) groups excluding carboxylic acids is 3. The third kappa shape index (κ3) is 3.25. The number of esters is 1. The van der Waals surface area contributed by atoms with Gasteiger partial charge >= 0.3 is 5.97 Å². The zero-order valence-corrected chi connectivity index (χ0v) is 18.2. The summed E-state index contributed by atoms with van der Waals surface area (Å²) >= 11 is 7.66. The Balaban J connectivity index is 1.60. The summed E-state index contributed by atoms with van der Waals surface area (Å²) in [6.07, 6.45) is 3.21. The number of hydrogen-bond acceptors (Lipinski definition) is 7. The van der Waals surface area contributed by atoms with Gasteiger partial charge in [-0.25, -0.2) is 9.78 Å². The van der Waals surface area contributed by atoms with Crippen molar-refractivity contribution in [2.24, 2.45) is 5.92 Å². The first kappa shape index (κ1) is 20.2. The summed E-state index contributed by atoms with van der Waals surface area (Å²) in [5.41, 5.74) is 1.42. The highest BCUT2D eigenvalue weighted by atomic mass is 35.5. The fraction of sp³-hybridized carbons (Fsp3) is 0.364. The largest absolute Gasteiger partial charge is 0.483 e. The van der Waals surface area contributed by atoms with Gasteiger partial charge in [0.1, 0.15) is 6.10 Å².